The van der Waals surface area contributed by atoms with Crippen molar-refractivity contribution >= 4 is 5.69 Å². The fourth-order valence-electron chi connectivity index (χ4n) is 2.34. The summed E-state index contributed by atoms with van der Waals surface area (Å²) in [5, 5.41) is 0. The van der Waals surface area contributed by atoms with Gasteiger partial charge in [0.1, 0.15) is 0 Å². The average Bonchev–Trinajstić information content (AvgIpc) is 2.52. The summed E-state index contributed by atoms with van der Waals surface area (Å²) in [6, 6.07) is 12.7. The van der Waals surface area contributed by atoms with Gasteiger partial charge in [-0.3, -0.25) is 4.98 Å². The monoisotopic (exact) mass is 269 g/mol. The molecule has 1 heterocycles. The summed E-state index contributed by atoms with van der Waals surface area (Å²) in [4.78, 5) is 6.33. The Kier molecular flexibility index (Phi) is 5.13. The van der Waals surface area contributed by atoms with Crippen LogP contribution >= 0.6 is 0 Å². The molecule has 0 aliphatic carbocycles. The van der Waals surface area contributed by atoms with Gasteiger partial charge < -0.3 is 10.6 Å². The van der Waals surface area contributed by atoms with Gasteiger partial charge in [0.25, 0.3) is 0 Å². The lowest BCUT2D eigenvalue weighted by Crippen LogP contribution is -2.23. The summed E-state index contributed by atoms with van der Waals surface area (Å²) in [5.41, 5.74) is 9.98. The first kappa shape index (κ1) is 14.5. The van der Waals surface area contributed by atoms with Crippen molar-refractivity contribution < 1.29 is 0 Å². The van der Waals surface area contributed by atoms with Gasteiger partial charge in [-0.25, -0.2) is 0 Å². The maximum Gasteiger partial charge on any atom is 0.0412 e. The molecule has 2 rings (SSSR count). The van der Waals surface area contributed by atoms with Gasteiger partial charge in [-0.05, 0) is 42.2 Å². The van der Waals surface area contributed by atoms with Crippen LogP contribution in [-0.2, 0) is 6.42 Å². The van der Waals surface area contributed by atoms with Crippen LogP contribution in [0.15, 0.2) is 48.8 Å². The molecule has 0 amide bonds. The second-order valence-corrected chi connectivity index (χ2v) is 5.10. The molecule has 3 heteroatoms. The van der Waals surface area contributed by atoms with Gasteiger partial charge in [0, 0.05) is 37.7 Å². The Morgan fingerprint density at radius 2 is 1.85 bits per heavy atom. The van der Waals surface area contributed by atoms with Gasteiger partial charge in [0.05, 0.1) is 0 Å². The first-order valence-electron chi connectivity index (χ1n) is 7.17. The average molecular weight is 269 g/mol. The maximum absolute atomic E-state index is 6.21. The van der Waals surface area contributed by atoms with Crippen LogP contribution in [0.25, 0.3) is 0 Å². The smallest absolute Gasteiger partial charge is 0.0412 e. The molecule has 0 radical (unpaired) electrons. The topological polar surface area (TPSA) is 42.1 Å². The first-order valence-corrected chi connectivity index (χ1v) is 7.17. The molecule has 1 aromatic heterocycles. The summed E-state index contributed by atoms with van der Waals surface area (Å²) in [6.45, 7) is 3.09. The van der Waals surface area contributed by atoms with Crippen molar-refractivity contribution in [2.24, 2.45) is 5.73 Å². The number of anilines is 1. The number of para-hydroxylation sites is 1. The minimum Gasteiger partial charge on any atom is -0.374 e. The Morgan fingerprint density at radius 3 is 2.55 bits per heavy atom. The third-order valence-electron chi connectivity index (χ3n) is 3.67. The zero-order chi connectivity index (χ0) is 14.4. The molecule has 1 aromatic carbocycles. The lowest BCUT2D eigenvalue weighted by molar-refractivity contribution is 0.694. The quantitative estimate of drug-likeness (QED) is 0.876. The number of hydrogen-bond acceptors (Lipinski definition) is 3. The van der Waals surface area contributed by atoms with Crippen LogP contribution in [0.5, 0.6) is 0 Å². The normalized spacial score (nSPS) is 12.2. The second kappa shape index (κ2) is 7.06. The van der Waals surface area contributed by atoms with Crippen LogP contribution in [0.1, 0.15) is 30.5 Å². The van der Waals surface area contributed by atoms with Gasteiger partial charge in [-0.1, -0.05) is 25.1 Å². The molecule has 0 saturated heterocycles. The molecule has 0 bridgehead atoms. The van der Waals surface area contributed by atoms with Crippen molar-refractivity contribution in [1.82, 2.24) is 4.98 Å². The SMILES string of the molecule is CCC(N)c1ccccc1N(C)CCc1ccncc1. The summed E-state index contributed by atoms with van der Waals surface area (Å²) < 4.78 is 0. The predicted molar refractivity (Wildman–Crippen MR) is 84.9 cm³/mol. The van der Waals surface area contributed by atoms with E-state index in [0.717, 1.165) is 19.4 Å². The Bertz CT molecular complexity index is 525. The van der Waals surface area contributed by atoms with Gasteiger partial charge >= 0.3 is 0 Å². The van der Waals surface area contributed by atoms with E-state index in [9.17, 15) is 0 Å². The van der Waals surface area contributed by atoms with Crippen molar-refractivity contribution in [2.45, 2.75) is 25.8 Å². The maximum atomic E-state index is 6.21. The molecule has 0 aliphatic heterocycles. The number of benzene rings is 1. The molecule has 1 atom stereocenters. The van der Waals surface area contributed by atoms with Crippen LogP contribution < -0.4 is 10.6 Å². The molecular weight excluding hydrogens is 246 g/mol. The van der Waals surface area contributed by atoms with Crippen molar-refractivity contribution in [3.63, 3.8) is 0 Å². The second-order valence-electron chi connectivity index (χ2n) is 5.10. The van der Waals surface area contributed by atoms with Crippen LogP contribution in [-0.4, -0.2) is 18.6 Å². The highest BCUT2D eigenvalue weighted by molar-refractivity contribution is 5.54. The molecule has 20 heavy (non-hydrogen) atoms. The Hall–Kier alpha value is -1.87. The number of pyridine rings is 1. The van der Waals surface area contributed by atoms with Crippen LogP contribution in [0.4, 0.5) is 5.69 Å². The Labute approximate surface area is 121 Å². The van der Waals surface area contributed by atoms with Crippen LogP contribution in [0.3, 0.4) is 0 Å². The highest BCUT2D eigenvalue weighted by atomic mass is 15.1. The fraction of sp³-hybridized carbons (Fsp3) is 0.353. The first-order chi connectivity index (χ1) is 9.72. The van der Waals surface area contributed by atoms with Crippen molar-refractivity contribution in [3.05, 3.63) is 59.9 Å². The molecule has 0 fully saturated rings. The number of nitrogens with zero attached hydrogens (tertiary/aromatic N) is 2. The minimum absolute atomic E-state index is 0.106. The Balaban J connectivity index is 2.07. The van der Waals surface area contributed by atoms with Crippen molar-refractivity contribution in [2.75, 3.05) is 18.5 Å². The van der Waals surface area contributed by atoms with E-state index in [1.807, 2.05) is 12.4 Å². The summed E-state index contributed by atoms with van der Waals surface area (Å²) in [5.74, 6) is 0. The number of likely N-dealkylation sites (N-methyl/N-ethyl adjacent to an activating group) is 1. The largest absolute Gasteiger partial charge is 0.374 e. The number of aromatic nitrogens is 1. The number of hydrogen-bond donors (Lipinski definition) is 1. The standard InChI is InChI=1S/C17H23N3/c1-3-16(18)15-6-4-5-7-17(15)20(2)13-10-14-8-11-19-12-9-14/h4-9,11-12,16H,3,10,13,18H2,1-2H3. The minimum atomic E-state index is 0.106. The zero-order valence-corrected chi connectivity index (χ0v) is 12.3. The summed E-state index contributed by atoms with van der Waals surface area (Å²) >= 11 is 0. The predicted octanol–water partition coefficient (Wildman–Crippen LogP) is 3.17. The van der Waals surface area contributed by atoms with E-state index in [1.165, 1.54) is 16.8 Å². The third kappa shape index (κ3) is 3.58. The number of rotatable bonds is 6. The molecule has 1 unspecified atom stereocenters. The Morgan fingerprint density at radius 1 is 1.15 bits per heavy atom. The zero-order valence-electron chi connectivity index (χ0n) is 12.3. The van der Waals surface area contributed by atoms with E-state index in [1.54, 1.807) is 0 Å². The molecular formula is C17H23N3. The third-order valence-corrected chi connectivity index (χ3v) is 3.67. The van der Waals surface area contributed by atoms with E-state index in [4.69, 9.17) is 5.73 Å². The lowest BCUT2D eigenvalue weighted by Gasteiger charge is -2.24. The van der Waals surface area contributed by atoms with Crippen molar-refractivity contribution in [1.29, 1.82) is 0 Å². The molecule has 0 saturated carbocycles. The van der Waals surface area contributed by atoms with Crippen LogP contribution in [0.2, 0.25) is 0 Å². The molecule has 0 aliphatic rings. The molecule has 0 spiro atoms. The number of nitrogens with two attached hydrogens (primary N) is 1. The highest BCUT2D eigenvalue weighted by Crippen LogP contribution is 2.26. The molecule has 2 N–H and O–H groups in total. The summed E-state index contributed by atoms with van der Waals surface area (Å²) in [7, 11) is 2.13. The molecule has 2 aromatic rings. The lowest BCUT2D eigenvalue weighted by atomic mass is 10.0. The van der Waals surface area contributed by atoms with Gasteiger partial charge in [0.2, 0.25) is 0 Å². The van der Waals surface area contributed by atoms with Gasteiger partial charge in [0.15, 0.2) is 0 Å². The summed E-state index contributed by atoms with van der Waals surface area (Å²) in [6.07, 6.45) is 5.65. The molecule has 3 nitrogen and oxygen atoms in total. The highest BCUT2D eigenvalue weighted by Gasteiger charge is 2.11. The van der Waals surface area contributed by atoms with E-state index >= 15 is 0 Å². The van der Waals surface area contributed by atoms with Gasteiger partial charge in [-0.15, -0.1) is 0 Å². The van der Waals surface area contributed by atoms with Gasteiger partial charge in [-0.2, -0.15) is 0 Å². The van der Waals surface area contributed by atoms with Crippen molar-refractivity contribution in [3.8, 4) is 0 Å². The van der Waals surface area contributed by atoms with E-state index < -0.39 is 0 Å². The van der Waals surface area contributed by atoms with E-state index in [-0.39, 0.29) is 6.04 Å². The van der Waals surface area contributed by atoms with E-state index in [2.05, 4.69) is 60.3 Å². The fourth-order valence-corrected chi connectivity index (χ4v) is 2.34. The molecule has 106 valence electrons. The van der Waals surface area contributed by atoms with E-state index in [0.29, 0.717) is 0 Å². The van der Waals surface area contributed by atoms with Crippen LogP contribution in [0, 0.1) is 0 Å².